The molecule has 0 aromatic rings. The van der Waals surface area contributed by atoms with E-state index in [-0.39, 0.29) is 19.0 Å². The number of carboxylic acid groups (broad SMARTS) is 1. The number of hydrogen-bond acceptors (Lipinski definition) is 3. The second-order valence-electron chi connectivity index (χ2n) is 1.78. The molecule has 0 bridgehead atoms. The zero-order valence-corrected chi connectivity index (χ0v) is 6.52. The molecule has 0 aromatic carbocycles. The van der Waals surface area contributed by atoms with Gasteiger partial charge in [-0.3, -0.25) is 4.79 Å². The zero-order chi connectivity index (χ0) is 7.28. The Kier molecular flexibility index (Phi) is 8.40. The van der Waals surface area contributed by atoms with Crippen LogP contribution in [0.5, 0.6) is 0 Å². The van der Waals surface area contributed by atoms with Gasteiger partial charge in [0, 0.05) is 6.54 Å². The number of aliphatic carboxylic acids is 1. The largest absolute Gasteiger partial charge is 0.481 e. The van der Waals surface area contributed by atoms with Crippen LogP contribution in [0, 0.1) is 5.92 Å². The van der Waals surface area contributed by atoms with Crippen molar-refractivity contribution in [1.29, 1.82) is 0 Å². The highest BCUT2D eigenvalue weighted by Crippen LogP contribution is 1.90. The first-order chi connectivity index (χ1) is 4.22. The topological polar surface area (TPSA) is 69.6 Å². The average molecular weight is 170 g/mol. The van der Waals surface area contributed by atoms with Crippen molar-refractivity contribution in [2.45, 2.75) is 0 Å². The number of rotatable bonds is 4. The summed E-state index contributed by atoms with van der Waals surface area (Å²) in [5.41, 5.74) is 0. The quantitative estimate of drug-likeness (QED) is 0.522. The molecule has 62 valence electrons. The lowest BCUT2D eigenvalue weighted by atomic mass is 10.2. The Morgan fingerprint density at radius 1 is 1.70 bits per heavy atom. The van der Waals surface area contributed by atoms with Gasteiger partial charge in [-0.05, 0) is 7.05 Å². The summed E-state index contributed by atoms with van der Waals surface area (Å²) < 4.78 is 0. The van der Waals surface area contributed by atoms with Gasteiger partial charge in [0.2, 0.25) is 0 Å². The summed E-state index contributed by atoms with van der Waals surface area (Å²) in [7, 11) is 1.64. The standard InChI is InChI=1S/C5H11NO3.ClH/c1-6-2-4(3-7)5(8)9;/h4,6-7H,2-3H2,1H3,(H,8,9);1H/t4-;/m0./s1. The third kappa shape index (κ3) is 4.55. The van der Waals surface area contributed by atoms with Gasteiger partial charge in [0.1, 0.15) is 0 Å². The van der Waals surface area contributed by atoms with Crippen molar-refractivity contribution in [2.75, 3.05) is 20.2 Å². The molecule has 0 aliphatic carbocycles. The van der Waals surface area contributed by atoms with Crippen LogP contribution in [0.3, 0.4) is 0 Å². The summed E-state index contributed by atoms with van der Waals surface area (Å²) in [6, 6.07) is 0. The van der Waals surface area contributed by atoms with Gasteiger partial charge in [-0.15, -0.1) is 12.4 Å². The van der Waals surface area contributed by atoms with Crippen LogP contribution < -0.4 is 5.32 Å². The molecule has 1 atom stereocenters. The highest BCUT2D eigenvalue weighted by molar-refractivity contribution is 5.85. The Morgan fingerprint density at radius 2 is 2.20 bits per heavy atom. The summed E-state index contributed by atoms with van der Waals surface area (Å²) in [5.74, 6) is -1.64. The van der Waals surface area contributed by atoms with Gasteiger partial charge in [0.25, 0.3) is 0 Å². The molecule has 0 spiro atoms. The second kappa shape index (κ2) is 6.80. The summed E-state index contributed by atoms with van der Waals surface area (Å²) in [4.78, 5) is 10.1. The van der Waals surface area contributed by atoms with E-state index in [0.717, 1.165) is 0 Å². The third-order valence-electron chi connectivity index (χ3n) is 1.02. The molecule has 0 aliphatic heterocycles. The van der Waals surface area contributed by atoms with Gasteiger partial charge in [-0.25, -0.2) is 0 Å². The van der Waals surface area contributed by atoms with E-state index in [4.69, 9.17) is 10.2 Å². The Hall–Kier alpha value is -0.320. The molecular weight excluding hydrogens is 158 g/mol. The Labute approximate surface area is 65.7 Å². The second-order valence-corrected chi connectivity index (χ2v) is 1.78. The fourth-order valence-electron chi connectivity index (χ4n) is 0.476. The van der Waals surface area contributed by atoms with E-state index in [0.29, 0.717) is 6.54 Å². The van der Waals surface area contributed by atoms with Crippen molar-refractivity contribution in [3.8, 4) is 0 Å². The number of aliphatic hydroxyl groups excluding tert-OH is 1. The number of carboxylic acids is 1. The molecule has 0 fully saturated rings. The van der Waals surface area contributed by atoms with Gasteiger partial charge < -0.3 is 15.5 Å². The van der Waals surface area contributed by atoms with E-state index in [1.54, 1.807) is 7.05 Å². The van der Waals surface area contributed by atoms with Crippen LogP contribution in [0.2, 0.25) is 0 Å². The van der Waals surface area contributed by atoms with Crippen LogP contribution in [0.15, 0.2) is 0 Å². The first-order valence-corrected chi connectivity index (χ1v) is 2.70. The number of carbonyl (C=O) groups is 1. The van der Waals surface area contributed by atoms with Crippen LogP contribution in [0.1, 0.15) is 0 Å². The summed E-state index contributed by atoms with van der Waals surface area (Å²) in [5, 5.41) is 19.4. The first-order valence-electron chi connectivity index (χ1n) is 2.70. The van der Waals surface area contributed by atoms with E-state index in [9.17, 15) is 4.79 Å². The van der Waals surface area contributed by atoms with Gasteiger partial charge >= 0.3 is 5.97 Å². The summed E-state index contributed by atoms with van der Waals surface area (Å²) >= 11 is 0. The molecule has 5 heteroatoms. The van der Waals surface area contributed by atoms with E-state index in [1.165, 1.54) is 0 Å². The SMILES string of the molecule is CNC[C@@H](CO)C(=O)O.Cl. The lowest BCUT2D eigenvalue weighted by molar-refractivity contribution is -0.142. The van der Waals surface area contributed by atoms with Gasteiger partial charge in [0.05, 0.1) is 12.5 Å². The number of halogens is 1. The van der Waals surface area contributed by atoms with Crippen LogP contribution in [-0.2, 0) is 4.79 Å². The van der Waals surface area contributed by atoms with Crippen molar-refractivity contribution in [1.82, 2.24) is 5.32 Å². The lowest BCUT2D eigenvalue weighted by Gasteiger charge is -2.05. The molecule has 4 nitrogen and oxygen atoms in total. The highest BCUT2D eigenvalue weighted by Gasteiger charge is 2.13. The lowest BCUT2D eigenvalue weighted by Crippen LogP contribution is -2.28. The maximum Gasteiger partial charge on any atom is 0.310 e. The van der Waals surface area contributed by atoms with Crippen molar-refractivity contribution in [3.05, 3.63) is 0 Å². The molecule has 0 heterocycles. The predicted octanol–water partition coefficient (Wildman–Crippen LogP) is -0.679. The minimum absolute atomic E-state index is 0. The Bertz CT molecular complexity index is 98.9. The predicted molar refractivity (Wildman–Crippen MR) is 39.4 cm³/mol. The third-order valence-corrected chi connectivity index (χ3v) is 1.02. The highest BCUT2D eigenvalue weighted by atomic mass is 35.5. The molecule has 0 aromatic heterocycles. The van der Waals surface area contributed by atoms with E-state index in [1.807, 2.05) is 0 Å². The monoisotopic (exact) mass is 169 g/mol. The van der Waals surface area contributed by atoms with Crippen molar-refractivity contribution in [2.24, 2.45) is 5.92 Å². The van der Waals surface area contributed by atoms with Crippen LogP contribution >= 0.6 is 12.4 Å². The van der Waals surface area contributed by atoms with Crippen LogP contribution in [0.4, 0.5) is 0 Å². The van der Waals surface area contributed by atoms with Crippen molar-refractivity contribution < 1.29 is 15.0 Å². The molecular formula is C5H12ClNO3. The van der Waals surface area contributed by atoms with Crippen molar-refractivity contribution in [3.63, 3.8) is 0 Å². The summed E-state index contributed by atoms with van der Waals surface area (Å²) in [6.07, 6.45) is 0. The zero-order valence-electron chi connectivity index (χ0n) is 5.70. The van der Waals surface area contributed by atoms with E-state index < -0.39 is 11.9 Å². The molecule has 10 heavy (non-hydrogen) atoms. The van der Waals surface area contributed by atoms with Gasteiger partial charge in [-0.2, -0.15) is 0 Å². The van der Waals surface area contributed by atoms with E-state index >= 15 is 0 Å². The molecule has 0 amide bonds. The minimum Gasteiger partial charge on any atom is -0.481 e. The minimum atomic E-state index is -0.966. The normalized spacial score (nSPS) is 11.8. The van der Waals surface area contributed by atoms with Gasteiger partial charge in [-0.1, -0.05) is 0 Å². The van der Waals surface area contributed by atoms with Crippen LogP contribution in [0.25, 0.3) is 0 Å². The molecule has 3 N–H and O–H groups in total. The Morgan fingerprint density at radius 3 is 2.30 bits per heavy atom. The fraction of sp³-hybridized carbons (Fsp3) is 0.800. The first kappa shape index (κ1) is 12.4. The Balaban J connectivity index is 0. The maximum atomic E-state index is 10.1. The number of hydrogen-bond donors (Lipinski definition) is 3. The average Bonchev–Trinajstić information content (AvgIpc) is 1.82. The maximum absolute atomic E-state index is 10.1. The molecule has 0 saturated heterocycles. The van der Waals surface area contributed by atoms with E-state index in [2.05, 4.69) is 5.32 Å². The summed E-state index contributed by atoms with van der Waals surface area (Å²) in [6.45, 7) is 0.00199. The van der Waals surface area contributed by atoms with Crippen LogP contribution in [-0.4, -0.2) is 36.4 Å². The molecule has 0 aliphatic rings. The molecule has 0 radical (unpaired) electrons. The number of nitrogens with one attached hydrogen (secondary N) is 1. The number of aliphatic hydroxyl groups is 1. The fourth-order valence-corrected chi connectivity index (χ4v) is 0.476. The van der Waals surface area contributed by atoms with Crippen molar-refractivity contribution >= 4 is 18.4 Å². The molecule has 0 saturated carbocycles. The van der Waals surface area contributed by atoms with Gasteiger partial charge in [0.15, 0.2) is 0 Å². The molecule has 0 rings (SSSR count). The molecule has 0 unspecified atom stereocenters. The smallest absolute Gasteiger partial charge is 0.310 e.